The first kappa shape index (κ1) is 22.1. The minimum absolute atomic E-state index is 0.0697. The quantitative estimate of drug-likeness (QED) is 0.412. The van der Waals surface area contributed by atoms with Crippen molar-refractivity contribution < 1.29 is 18.7 Å². The lowest BCUT2D eigenvalue weighted by molar-refractivity contribution is -0.118. The van der Waals surface area contributed by atoms with E-state index in [2.05, 4.69) is 25.8 Å². The van der Waals surface area contributed by atoms with Gasteiger partial charge in [-0.2, -0.15) is 4.98 Å². The molecule has 10 heteroatoms. The van der Waals surface area contributed by atoms with E-state index in [0.717, 1.165) is 16.5 Å². The van der Waals surface area contributed by atoms with Crippen LogP contribution in [0.3, 0.4) is 0 Å². The van der Waals surface area contributed by atoms with Crippen LogP contribution in [0.15, 0.2) is 53.3 Å². The number of aromatic nitrogens is 4. The standard InChI is InChI=1S/C23H26N6O4/c1-23(2,3)33-22(31)24-16(12-14-13-29(4)17-9-6-5-8-15(14)17)20(30)26-21-25-19(27-28-21)18-10-7-11-32-18/h5-11,13,16H,12H2,1-4H3,(H,24,31)(H2,25,26,27,28,30)/t16-/m1/s1. The summed E-state index contributed by atoms with van der Waals surface area (Å²) in [5, 5.41) is 13.1. The topological polar surface area (TPSA) is 127 Å². The lowest BCUT2D eigenvalue weighted by atomic mass is 10.0. The Kier molecular flexibility index (Phi) is 5.91. The van der Waals surface area contributed by atoms with Crippen LogP contribution >= 0.6 is 0 Å². The SMILES string of the molecule is Cn1cc(C[C@@H](NC(=O)OC(C)(C)C)C(=O)Nc2n[nH]c(-c3ccco3)n2)c2ccccc21. The molecule has 0 fully saturated rings. The van der Waals surface area contributed by atoms with Crippen LogP contribution in [0.4, 0.5) is 10.7 Å². The highest BCUT2D eigenvalue weighted by molar-refractivity contribution is 5.96. The van der Waals surface area contributed by atoms with Gasteiger partial charge < -0.3 is 19.0 Å². The number of hydrogen-bond acceptors (Lipinski definition) is 6. The molecule has 0 aliphatic rings. The van der Waals surface area contributed by atoms with E-state index in [1.807, 2.05) is 42.1 Å². The number of alkyl carbamates (subject to hydrolysis) is 1. The Balaban J connectivity index is 1.56. The molecule has 0 saturated carbocycles. The number of nitrogens with zero attached hydrogens (tertiary/aromatic N) is 3. The molecule has 1 atom stereocenters. The zero-order valence-electron chi connectivity index (χ0n) is 18.9. The van der Waals surface area contributed by atoms with Crippen LogP contribution in [0.5, 0.6) is 0 Å². The first-order chi connectivity index (χ1) is 15.7. The minimum Gasteiger partial charge on any atom is -0.461 e. The highest BCUT2D eigenvalue weighted by Crippen LogP contribution is 2.22. The average molecular weight is 450 g/mol. The summed E-state index contributed by atoms with van der Waals surface area (Å²) in [6.45, 7) is 5.28. The van der Waals surface area contributed by atoms with Gasteiger partial charge in [-0.25, -0.2) is 4.79 Å². The minimum atomic E-state index is -0.920. The molecule has 4 aromatic rings. The zero-order chi connectivity index (χ0) is 23.6. The third-order valence-corrected chi connectivity index (χ3v) is 4.89. The first-order valence-electron chi connectivity index (χ1n) is 10.5. The summed E-state index contributed by atoms with van der Waals surface area (Å²) < 4.78 is 12.6. The lowest BCUT2D eigenvalue weighted by Crippen LogP contribution is -2.47. The van der Waals surface area contributed by atoms with Gasteiger partial charge in [-0.3, -0.25) is 15.2 Å². The molecule has 172 valence electrons. The maximum atomic E-state index is 13.2. The molecular formula is C23H26N6O4. The molecule has 0 unspecified atom stereocenters. The van der Waals surface area contributed by atoms with Gasteiger partial charge in [0.2, 0.25) is 11.9 Å². The number of benzene rings is 1. The Morgan fingerprint density at radius 3 is 2.73 bits per heavy atom. The summed E-state index contributed by atoms with van der Waals surface area (Å²) in [6.07, 6.45) is 3.03. The second-order valence-electron chi connectivity index (χ2n) is 8.66. The van der Waals surface area contributed by atoms with Crippen LogP contribution < -0.4 is 10.6 Å². The van der Waals surface area contributed by atoms with E-state index in [1.165, 1.54) is 6.26 Å². The largest absolute Gasteiger partial charge is 0.461 e. The number of ether oxygens (including phenoxy) is 1. The van der Waals surface area contributed by atoms with Crippen molar-refractivity contribution in [3.05, 3.63) is 54.4 Å². The van der Waals surface area contributed by atoms with Gasteiger partial charge in [0, 0.05) is 30.6 Å². The molecule has 33 heavy (non-hydrogen) atoms. The molecule has 0 aliphatic carbocycles. The number of hydrogen-bond donors (Lipinski definition) is 3. The molecule has 0 aliphatic heterocycles. The van der Waals surface area contributed by atoms with Crippen molar-refractivity contribution in [1.29, 1.82) is 0 Å². The van der Waals surface area contributed by atoms with Crippen LogP contribution in [-0.2, 0) is 23.0 Å². The van der Waals surface area contributed by atoms with Crippen molar-refractivity contribution >= 4 is 28.9 Å². The van der Waals surface area contributed by atoms with Gasteiger partial charge in [0.15, 0.2) is 11.6 Å². The summed E-state index contributed by atoms with van der Waals surface area (Å²) in [7, 11) is 1.94. The summed E-state index contributed by atoms with van der Waals surface area (Å²) in [5.74, 6) is 0.460. The normalized spacial score (nSPS) is 12.5. The molecule has 3 heterocycles. The molecule has 2 amide bonds. The molecule has 0 saturated heterocycles. The van der Waals surface area contributed by atoms with Gasteiger partial charge in [-0.1, -0.05) is 18.2 Å². The number of anilines is 1. The average Bonchev–Trinajstić information content (AvgIpc) is 3.48. The van der Waals surface area contributed by atoms with Gasteiger partial charge >= 0.3 is 6.09 Å². The second-order valence-corrected chi connectivity index (χ2v) is 8.66. The van der Waals surface area contributed by atoms with E-state index < -0.39 is 23.6 Å². The van der Waals surface area contributed by atoms with Crippen LogP contribution in [0, 0.1) is 0 Å². The number of furan rings is 1. The summed E-state index contributed by atoms with van der Waals surface area (Å²) in [5.41, 5.74) is 1.24. The zero-order valence-corrected chi connectivity index (χ0v) is 18.9. The van der Waals surface area contributed by atoms with Gasteiger partial charge in [0.05, 0.1) is 6.26 Å². The van der Waals surface area contributed by atoms with Crippen LogP contribution in [0.1, 0.15) is 26.3 Å². The Labute approximate surface area is 190 Å². The van der Waals surface area contributed by atoms with E-state index in [-0.39, 0.29) is 12.4 Å². The summed E-state index contributed by atoms with van der Waals surface area (Å²) in [4.78, 5) is 29.9. The number of para-hydroxylation sites is 1. The van der Waals surface area contributed by atoms with Gasteiger partial charge in [0.25, 0.3) is 0 Å². The molecule has 0 bridgehead atoms. The highest BCUT2D eigenvalue weighted by atomic mass is 16.6. The molecule has 3 N–H and O–H groups in total. The number of aromatic amines is 1. The lowest BCUT2D eigenvalue weighted by Gasteiger charge is -2.23. The number of amides is 2. The molecule has 3 aromatic heterocycles. The van der Waals surface area contributed by atoms with E-state index in [9.17, 15) is 9.59 Å². The Hall–Kier alpha value is -4.08. The van der Waals surface area contributed by atoms with Crippen molar-refractivity contribution in [2.24, 2.45) is 7.05 Å². The smallest absolute Gasteiger partial charge is 0.408 e. The third-order valence-electron chi connectivity index (χ3n) is 4.89. The van der Waals surface area contributed by atoms with Gasteiger partial charge in [-0.05, 0) is 44.5 Å². The van der Waals surface area contributed by atoms with Crippen LogP contribution in [0.2, 0.25) is 0 Å². The Bertz CT molecular complexity index is 1270. The predicted octanol–water partition coefficient (Wildman–Crippen LogP) is 3.63. The van der Waals surface area contributed by atoms with E-state index in [4.69, 9.17) is 9.15 Å². The summed E-state index contributed by atoms with van der Waals surface area (Å²) in [6, 6.07) is 10.4. The number of carbonyl (C=O) groups is 2. The first-order valence-corrected chi connectivity index (χ1v) is 10.5. The van der Waals surface area contributed by atoms with Crippen molar-refractivity contribution in [1.82, 2.24) is 25.1 Å². The third kappa shape index (κ3) is 5.22. The number of nitrogens with one attached hydrogen (secondary N) is 3. The van der Waals surface area contributed by atoms with Crippen LogP contribution in [-0.4, -0.2) is 43.4 Å². The highest BCUT2D eigenvalue weighted by Gasteiger charge is 2.27. The van der Waals surface area contributed by atoms with Gasteiger partial charge in [0.1, 0.15) is 11.6 Å². The fourth-order valence-corrected chi connectivity index (χ4v) is 3.51. The number of aryl methyl sites for hydroxylation is 1. The Morgan fingerprint density at radius 2 is 2.00 bits per heavy atom. The number of carbonyl (C=O) groups excluding carboxylic acids is 2. The molecule has 1 aromatic carbocycles. The number of fused-ring (bicyclic) bond motifs is 1. The molecule has 0 spiro atoms. The Morgan fingerprint density at radius 1 is 1.21 bits per heavy atom. The summed E-state index contributed by atoms with van der Waals surface area (Å²) >= 11 is 0. The number of H-pyrrole nitrogens is 1. The fraction of sp³-hybridized carbons (Fsp3) is 0.304. The van der Waals surface area contributed by atoms with E-state index >= 15 is 0 Å². The van der Waals surface area contributed by atoms with Gasteiger partial charge in [-0.15, -0.1) is 5.10 Å². The van der Waals surface area contributed by atoms with Crippen LogP contribution in [0.25, 0.3) is 22.5 Å². The van der Waals surface area contributed by atoms with E-state index in [1.54, 1.807) is 32.9 Å². The van der Waals surface area contributed by atoms with Crippen molar-refractivity contribution in [2.75, 3.05) is 5.32 Å². The molecule has 10 nitrogen and oxygen atoms in total. The fourth-order valence-electron chi connectivity index (χ4n) is 3.51. The molecular weight excluding hydrogens is 424 g/mol. The van der Waals surface area contributed by atoms with Crippen molar-refractivity contribution in [2.45, 2.75) is 38.8 Å². The molecule has 0 radical (unpaired) electrons. The predicted molar refractivity (Wildman–Crippen MR) is 122 cm³/mol. The van der Waals surface area contributed by atoms with Crippen molar-refractivity contribution in [3.8, 4) is 11.6 Å². The van der Waals surface area contributed by atoms with Crippen molar-refractivity contribution in [3.63, 3.8) is 0 Å². The van der Waals surface area contributed by atoms with E-state index in [0.29, 0.717) is 11.6 Å². The maximum absolute atomic E-state index is 13.2. The second kappa shape index (κ2) is 8.81. The monoisotopic (exact) mass is 450 g/mol. The number of rotatable bonds is 6. The maximum Gasteiger partial charge on any atom is 0.408 e. The molecule has 4 rings (SSSR count).